The molecule has 0 aliphatic carbocycles. The van der Waals surface area contributed by atoms with Crippen LogP contribution in [0.25, 0.3) is 75.4 Å². The molecular weight excluding hydrogens is 712 g/mol. The second-order valence-corrected chi connectivity index (χ2v) is 12.5. The zero-order chi connectivity index (χ0) is 24.6. The van der Waals surface area contributed by atoms with E-state index in [0.717, 1.165) is 77.1 Å². The van der Waals surface area contributed by atoms with Crippen molar-refractivity contribution in [3.8, 4) is 0 Å². The third kappa shape index (κ3) is 2.47. The standard InChI is InChI=1S/C30H10Br4O2/c31-20-9-18-24-15(12-3-1-2-4-13(12)29(18)35)7-11-5-6-14-23-17(8-16(20)26(24)22(11)23)25-19(30(14)36)10-21(32)27(33)28(25)34/h1-10H. The lowest BCUT2D eigenvalue weighted by molar-refractivity contribution is 1.60. The summed E-state index contributed by atoms with van der Waals surface area (Å²) in [6.07, 6.45) is 0. The van der Waals surface area contributed by atoms with E-state index >= 15 is 0 Å². The molecule has 0 bridgehead atoms. The number of hydrogen-bond donors (Lipinski definition) is 0. The average Bonchev–Trinajstić information content (AvgIpc) is 2.89. The highest BCUT2D eigenvalue weighted by atomic mass is 79.9. The molecule has 8 aromatic carbocycles. The van der Waals surface area contributed by atoms with Crippen LogP contribution in [0.1, 0.15) is 0 Å². The molecule has 0 aliphatic rings. The first-order valence-electron chi connectivity index (χ1n) is 11.2. The van der Waals surface area contributed by atoms with Gasteiger partial charge in [-0.15, -0.1) is 0 Å². The van der Waals surface area contributed by atoms with Crippen LogP contribution in [0.15, 0.2) is 88.1 Å². The molecule has 36 heavy (non-hydrogen) atoms. The van der Waals surface area contributed by atoms with Gasteiger partial charge in [0.2, 0.25) is 0 Å². The summed E-state index contributed by atoms with van der Waals surface area (Å²) < 4.78 is 3.39. The van der Waals surface area contributed by atoms with E-state index in [2.05, 4.69) is 75.9 Å². The fraction of sp³-hybridized carbons (Fsp3) is 0. The van der Waals surface area contributed by atoms with Crippen LogP contribution in [0.3, 0.4) is 0 Å². The van der Waals surface area contributed by atoms with E-state index in [1.807, 2.05) is 48.5 Å². The molecule has 0 aliphatic heterocycles. The van der Waals surface area contributed by atoms with Gasteiger partial charge in [0.15, 0.2) is 10.9 Å². The molecule has 0 radical (unpaired) electrons. The molecule has 0 N–H and O–H groups in total. The van der Waals surface area contributed by atoms with Crippen LogP contribution in [-0.2, 0) is 0 Å². The van der Waals surface area contributed by atoms with Crippen LogP contribution in [0.2, 0.25) is 0 Å². The fourth-order valence-corrected chi connectivity index (χ4v) is 8.29. The van der Waals surface area contributed by atoms with Crippen molar-refractivity contribution in [3.05, 3.63) is 99.0 Å². The quantitative estimate of drug-likeness (QED) is 0.0888. The molecule has 0 spiro atoms. The maximum atomic E-state index is 13.8. The van der Waals surface area contributed by atoms with Crippen molar-refractivity contribution in [2.75, 3.05) is 0 Å². The highest BCUT2D eigenvalue weighted by Gasteiger charge is 2.24. The molecule has 0 fully saturated rings. The van der Waals surface area contributed by atoms with Gasteiger partial charge in [0.1, 0.15) is 0 Å². The summed E-state index contributed by atoms with van der Waals surface area (Å²) in [7, 11) is 0. The summed E-state index contributed by atoms with van der Waals surface area (Å²) >= 11 is 14.8. The second-order valence-electron chi connectivity index (χ2n) is 9.25. The summed E-state index contributed by atoms with van der Waals surface area (Å²) in [6, 6.07) is 20.0. The van der Waals surface area contributed by atoms with Gasteiger partial charge < -0.3 is 0 Å². The molecule has 0 amide bonds. The lowest BCUT2D eigenvalue weighted by Crippen LogP contribution is -2.07. The van der Waals surface area contributed by atoms with Crippen LogP contribution < -0.4 is 10.9 Å². The van der Waals surface area contributed by atoms with E-state index in [1.54, 1.807) is 0 Å². The van der Waals surface area contributed by atoms with Gasteiger partial charge in [-0.2, -0.15) is 0 Å². The summed E-state index contributed by atoms with van der Waals surface area (Å²) in [6.45, 7) is 0. The highest BCUT2D eigenvalue weighted by Crippen LogP contribution is 2.49. The molecule has 0 heterocycles. The Bertz CT molecular complexity index is 2400. The number of rotatable bonds is 0. The lowest BCUT2D eigenvalue weighted by atomic mass is 9.84. The summed E-state index contributed by atoms with van der Waals surface area (Å²) in [5.74, 6) is 0. The number of halogens is 4. The maximum absolute atomic E-state index is 13.8. The minimum atomic E-state index is -0.00244. The van der Waals surface area contributed by atoms with Crippen molar-refractivity contribution in [1.82, 2.24) is 0 Å². The van der Waals surface area contributed by atoms with E-state index in [9.17, 15) is 9.59 Å². The van der Waals surface area contributed by atoms with E-state index in [0.29, 0.717) is 16.2 Å². The van der Waals surface area contributed by atoms with Crippen molar-refractivity contribution in [2.24, 2.45) is 0 Å². The normalized spacial score (nSPS) is 12.7. The fourth-order valence-electron chi connectivity index (χ4n) is 6.10. The molecule has 6 heteroatoms. The first kappa shape index (κ1) is 21.7. The van der Waals surface area contributed by atoms with Gasteiger partial charge in [-0.3, -0.25) is 9.59 Å². The molecule has 0 unspecified atom stereocenters. The third-order valence-corrected chi connectivity index (χ3v) is 11.5. The van der Waals surface area contributed by atoms with Crippen LogP contribution >= 0.6 is 63.7 Å². The molecule has 2 nitrogen and oxygen atoms in total. The Morgan fingerprint density at radius 1 is 0.417 bits per heavy atom. The first-order valence-corrected chi connectivity index (χ1v) is 14.4. The Kier molecular flexibility index (Phi) is 4.30. The smallest absolute Gasteiger partial charge is 0.194 e. The zero-order valence-corrected chi connectivity index (χ0v) is 24.4. The Morgan fingerprint density at radius 2 is 1.08 bits per heavy atom. The van der Waals surface area contributed by atoms with Gasteiger partial charge >= 0.3 is 0 Å². The monoisotopic (exact) mass is 718 g/mol. The number of hydrogen-bond acceptors (Lipinski definition) is 2. The minimum absolute atomic E-state index is 0.00244. The van der Waals surface area contributed by atoms with E-state index < -0.39 is 0 Å². The number of fused-ring (bicyclic) bond motifs is 4. The molecule has 0 atom stereocenters. The van der Waals surface area contributed by atoms with E-state index in [-0.39, 0.29) is 10.9 Å². The molecular formula is C30H10Br4O2. The minimum Gasteiger partial charge on any atom is -0.289 e. The molecule has 0 aromatic heterocycles. The zero-order valence-electron chi connectivity index (χ0n) is 18.1. The van der Waals surface area contributed by atoms with Gasteiger partial charge in [-0.25, -0.2) is 0 Å². The van der Waals surface area contributed by atoms with Crippen LogP contribution in [0.4, 0.5) is 0 Å². The third-order valence-electron chi connectivity index (χ3n) is 7.56. The Morgan fingerprint density at radius 3 is 1.89 bits per heavy atom. The van der Waals surface area contributed by atoms with Crippen molar-refractivity contribution in [2.45, 2.75) is 0 Å². The van der Waals surface area contributed by atoms with Crippen LogP contribution in [0, 0.1) is 0 Å². The topological polar surface area (TPSA) is 34.1 Å². The second kappa shape index (κ2) is 7.13. The van der Waals surface area contributed by atoms with Gasteiger partial charge in [0, 0.05) is 55.6 Å². The first-order chi connectivity index (χ1) is 17.4. The predicted octanol–water partition coefficient (Wildman–Crippen LogP) is 9.84. The van der Waals surface area contributed by atoms with E-state index in [4.69, 9.17) is 0 Å². The van der Waals surface area contributed by atoms with Crippen LogP contribution in [0.5, 0.6) is 0 Å². The largest absolute Gasteiger partial charge is 0.289 e. The summed E-state index contributed by atoms with van der Waals surface area (Å²) in [4.78, 5) is 27.4. The summed E-state index contributed by atoms with van der Waals surface area (Å²) in [5.41, 5.74) is 0.0274. The van der Waals surface area contributed by atoms with Gasteiger partial charge in [-0.1, -0.05) is 46.3 Å². The SMILES string of the molecule is O=c1c2cc(Br)c(Br)c(Br)c2c2cc3c(Br)cc4c(=O)c5ccccc5c5cc6ccc1c2c6c3c45. The van der Waals surface area contributed by atoms with Crippen molar-refractivity contribution in [1.29, 1.82) is 0 Å². The lowest BCUT2D eigenvalue weighted by Gasteiger charge is -2.20. The van der Waals surface area contributed by atoms with Gasteiger partial charge in [-0.05, 0) is 116 Å². The van der Waals surface area contributed by atoms with Gasteiger partial charge in [0.25, 0.3) is 0 Å². The van der Waals surface area contributed by atoms with Crippen LogP contribution in [-0.4, -0.2) is 0 Å². The molecule has 8 rings (SSSR count). The molecule has 170 valence electrons. The maximum Gasteiger partial charge on any atom is 0.194 e. The Balaban J connectivity index is 1.80. The predicted molar refractivity (Wildman–Crippen MR) is 166 cm³/mol. The molecule has 8 aromatic rings. The highest BCUT2D eigenvalue weighted by molar-refractivity contribution is 9.14. The number of benzene rings is 8. The van der Waals surface area contributed by atoms with Crippen molar-refractivity contribution in [3.63, 3.8) is 0 Å². The summed E-state index contributed by atoms with van der Waals surface area (Å²) in [5, 5.41) is 12.7. The van der Waals surface area contributed by atoms with Crippen molar-refractivity contribution >= 4 is 139 Å². The van der Waals surface area contributed by atoms with Gasteiger partial charge in [0.05, 0.1) is 0 Å². The average molecular weight is 722 g/mol. The Labute approximate surface area is 236 Å². The molecule has 0 saturated carbocycles. The Hall–Kier alpha value is -2.38. The molecule has 0 saturated heterocycles. The van der Waals surface area contributed by atoms with E-state index in [1.165, 1.54) is 0 Å². The van der Waals surface area contributed by atoms with Crippen molar-refractivity contribution < 1.29 is 0 Å².